The first-order valence-electron chi connectivity index (χ1n) is 7.05. The Morgan fingerprint density at radius 2 is 1.79 bits per heavy atom. The van der Waals surface area contributed by atoms with Crippen molar-refractivity contribution in [1.29, 1.82) is 0 Å². The van der Waals surface area contributed by atoms with E-state index in [0.717, 1.165) is 5.39 Å². The molecule has 118 valence electrons. The van der Waals surface area contributed by atoms with E-state index in [1.54, 1.807) is 47.0 Å². The van der Waals surface area contributed by atoms with Crippen LogP contribution in [0.15, 0.2) is 58.1 Å². The quantitative estimate of drug-likeness (QED) is 0.530. The van der Waals surface area contributed by atoms with Crippen LogP contribution >= 0.6 is 23.2 Å². The Bertz CT molecular complexity index is 1180. The standard InChI is InChI=1S/C17H9Cl2N3O2/c18-10-6-5-9-7-11-15(20-17(24)21-16(11)23)22(14(9)8-10)13-4-2-1-3-12(13)19/h1-8H,(H,21,23,24). The third-order valence-electron chi connectivity index (χ3n) is 3.75. The van der Waals surface area contributed by atoms with Gasteiger partial charge >= 0.3 is 5.69 Å². The fraction of sp³-hybridized carbons (Fsp3) is 0. The molecule has 7 heteroatoms. The minimum Gasteiger partial charge on any atom is -0.292 e. The van der Waals surface area contributed by atoms with E-state index in [-0.39, 0.29) is 5.82 Å². The van der Waals surface area contributed by atoms with E-state index in [9.17, 15) is 9.59 Å². The highest BCUT2D eigenvalue weighted by molar-refractivity contribution is 6.32. The zero-order chi connectivity index (χ0) is 16.8. The molecule has 5 nitrogen and oxygen atoms in total. The number of fused-ring (bicyclic) bond motifs is 2. The topological polar surface area (TPSA) is 67.8 Å². The molecule has 2 aliphatic rings. The highest BCUT2D eigenvalue weighted by atomic mass is 35.5. The van der Waals surface area contributed by atoms with E-state index < -0.39 is 11.2 Å². The molecular formula is C17H9Cl2N3O2. The minimum atomic E-state index is -0.713. The summed E-state index contributed by atoms with van der Waals surface area (Å²) in [5.41, 5.74) is 0.386. The summed E-state index contributed by atoms with van der Waals surface area (Å²) in [6.45, 7) is 0. The summed E-state index contributed by atoms with van der Waals surface area (Å²) in [6, 6.07) is 14.1. The molecule has 0 radical (unpaired) electrons. The molecule has 0 aliphatic carbocycles. The molecule has 4 rings (SSSR count). The smallest absolute Gasteiger partial charge is 0.292 e. The number of H-pyrrole nitrogens is 1. The van der Waals surface area contributed by atoms with Gasteiger partial charge in [0.2, 0.25) is 0 Å². The Hall–Kier alpha value is -2.63. The maximum absolute atomic E-state index is 12.2. The molecule has 2 aliphatic heterocycles. The highest BCUT2D eigenvalue weighted by Gasteiger charge is 2.19. The lowest BCUT2D eigenvalue weighted by molar-refractivity contribution is 0.960. The normalized spacial score (nSPS) is 11.2. The molecule has 0 aromatic heterocycles. The van der Waals surface area contributed by atoms with Gasteiger partial charge in [-0.1, -0.05) is 41.4 Å². The minimum absolute atomic E-state index is 0.228. The molecule has 0 spiro atoms. The van der Waals surface area contributed by atoms with Gasteiger partial charge in [-0.05, 0) is 35.7 Å². The van der Waals surface area contributed by atoms with Gasteiger partial charge in [0.15, 0.2) is 5.82 Å². The second kappa shape index (κ2) is 5.47. The Morgan fingerprint density at radius 1 is 1.00 bits per heavy atom. The molecule has 0 amide bonds. The Morgan fingerprint density at radius 3 is 2.58 bits per heavy atom. The molecule has 0 saturated carbocycles. The van der Waals surface area contributed by atoms with E-state index >= 15 is 0 Å². The highest BCUT2D eigenvalue weighted by Crippen LogP contribution is 2.32. The molecule has 24 heavy (non-hydrogen) atoms. The molecule has 0 bridgehead atoms. The van der Waals surface area contributed by atoms with Crippen LogP contribution in [0.4, 0.5) is 0 Å². The van der Waals surface area contributed by atoms with Crippen molar-refractivity contribution < 1.29 is 0 Å². The number of hydrogen-bond acceptors (Lipinski definition) is 3. The van der Waals surface area contributed by atoms with Crippen LogP contribution in [0.3, 0.4) is 0 Å². The maximum Gasteiger partial charge on any atom is 0.349 e. The third kappa shape index (κ3) is 2.29. The number of nitrogens with one attached hydrogen (secondary N) is 1. The zero-order valence-electron chi connectivity index (χ0n) is 12.1. The van der Waals surface area contributed by atoms with Gasteiger partial charge in [0.05, 0.1) is 21.8 Å². The lowest BCUT2D eigenvalue weighted by Gasteiger charge is -2.18. The Kier molecular flexibility index (Phi) is 3.40. The van der Waals surface area contributed by atoms with Gasteiger partial charge in [-0.15, -0.1) is 0 Å². The number of pyridine rings is 1. The van der Waals surface area contributed by atoms with Gasteiger partial charge in [-0.25, -0.2) is 4.79 Å². The monoisotopic (exact) mass is 357 g/mol. The summed E-state index contributed by atoms with van der Waals surface area (Å²) < 4.78 is 1.68. The number of halogens is 2. The van der Waals surface area contributed by atoms with Crippen LogP contribution in [0.5, 0.6) is 0 Å². The van der Waals surface area contributed by atoms with E-state index in [1.807, 2.05) is 6.07 Å². The van der Waals surface area contributed by atoms with E-state index in [4.69, 9.17) is 23.2 Å². The summed E-state index contributed by atoms with van der Waals surface area (Å²) in [5.74, 6) is 0.228. The van der Waals surface area contributed by atoms with Crippen molar-refractivity contribution in [3.05, 3.63) is 79.4 Å². The molecule has 0 fully saturated rings. The number of nitrogens with zero attached hydrogens (tertiary/aromatic N) is 2. The maximum atomic E-state index is 12.2. The number of aromatic nitrogens is 3. The summed E-state index contributed by atoms with van der Waals surface area (Å²) in [6.07, 6.45) is 0. The summed E-state index contributed by atoms with van der Waals surface area (Å²) >= 11 is 12.5. The van der Waals surface area contributed by atoms with Crippen molar-refractivity contribution in [3.63, 3.8) is 0 Å². The van der Waals surface area contributed by atoms with Crippen LogP contribution in [0, 0.1) is 0 Å². The van der Waals surface area contributed by atoms with Gasteiger partial charge in [-0.3, -0.25) is 14.3 Å². The van der Waals surface area contributed by atoms with Crippen LogP contribution in [-0.4, -0.2) is 14.5 Å². The van der Waals surface area contributed by atoms with Crippen molar-refractivity contribution in [1.82, 2.24) is 14.5 Å². The van der Waals surface area contributed by atoms with Crippen LogP contribution < -0.4 is 11.2 Å². The number of rotatable bonds is 1. The lowest BCUT2D eigenvalue weighted by Crippen LogP contribution is -2.27. The van der Waals surface area contributed by atoms with Crippen LogP contribution in [0.25, 0.3) is 28.0 Å². The number of hydrogen-bond donors (Lipinski definition) is 1. The number of benzene rings is 2. The summed E-state index contributed by atoms with van der Waals surface area (Å²) in [4.78, 5) is 30.1. The summed E-state index contributed by atoms with van der Waals surface area (Å²) in [7, 11) is 0. The summed E-state index contributed by atoms with van der Waals surface area (Å²) in [5, 5.41) is 1.76. The Balaban J connectivity index is 2.30. The van der Waals surface area contributed by atoms with Gasteiger partial charge < -0.3 is 0 Å². The van der Waals surface area contributed by atoms with Gasteiger partial charge in [-0.2, -0.15) is 4.98 Å². The molecule has 2 aromatic rings. The Labute approximate surface area is 145 Å². The first kappa shape index (κ1) is 14.9. The lowest BCUT2D eigenvalue weighted by atomic mass is 10.1. The zero-order valence-corrected chi connectivity index (χ0v) is 13.6. The van der Waals surface area contributed by atoms with Gasteiger partial charge in [0.1, 0.15) is 0 Å². The number of para-hydroxylation sites is 1. The molecule has 1 N–H and O–H groups in total. The van der Waals surface area contributed by atoms with Crippen molar-refractivity contribution in [3.8, 4) is 17.1 Å². The van der Waals surface area contributed by atoms with Crippen LogP contribution in [0.1, 0.15) is 0 Å². The van der Waals surface area contributed by atoms with Crippen molar-refractivity contribution in [2.24, 2.45) is 0 Å². The average molecular weight is 358 g/mol. The molecule has 2 aromatic carbocycles. The van der Waals surface area contributed by atoms with E-state index in [1.165, 1.54) is 0 Å². The van der Waals surface area contributed by atoms with E-state index in [0.29, 0.717) is 26.8 Å². The first-order valence-corrected chi connectivity index (χ1v) is 7.80. The molecular weight excluding hydrogens is 349 g/mol. The van der Waals surface area contributed by atoms with Crippen molar-refractivity contribution in [2.45, 2.75) is 0 Å². The molecule has 0 atom stereocenters. The number of aromatic amines is 1. The van der Waals surface area contributed by atoms with Crippen LogP contribution in [0.2, 0.25) is 10.0 Å². The third-order valence-corrected chi connectivity index (χ3v) is 4.31. The van der Waals surface area contributed by atoms with Crippen molar-refractivity contribution >= 4 is 34.1 Å². The second-order valence-corrected chi connectivity index (χ2v) is 6.09. The SMILES string of the molecule is O=c1nc2n(-c3ccccc3Cl)c3cc(Cl)ccc3cc-2c(=O)[nH]1. The van der Waals surface area contributed by atoms with Gasteiger partial charge in [0, 0.05) is 5.02 Å². The van der Waals surface area contributed by atoms with E-state index in [2.05, 4.69) is 9.97 Å². The van der Waals surface area contributed by atoms with Crippen molar-refractivity contribution in [2.75, 3.05) is 0 Å². The second-order valence-electron chi connectivity index (χ2n) is 5.24. The predicted molar refractivity (Wildman–Crippen MR) is 94.6 cm³/mol. The fourth-order valence-corrected chi connectivity index (χ4v) is 3.12. The first-order chi connectivity index (χ1) is 11.5. The van der Waals surface area contributed by atoms with Gasteiger partial charge in [0.25, 0.3) is 5.56 Å². The average Bonchev–Trinajstić information content (AvgIpc) is 2.54. The molecule has 0 saturated heterocycles. The fourth-order valence-electron chi connectivity index (χ4n) is 2.73. The largest absolute Gasteiger partial charge is 0.349 e. The molecule has 0 unspecified atom stereocenters. The predicted octanol–water partition coefficient (Wildman–Crippen LogP) is 3.49. The molecule has 2 heterocycles. The van der Waals surface area contributed by atoms with Crippen LogP contribution in [-0.2, 0) is 0 Å².